The van der Waals surface area contributed by atoms with Crippen LogP contribution in [0.3, 0.4) is 0 Å². The number of thiazole rings is 1. The molecule has 4 heterocycles. The minimum absolute atomic E-state index is 0.0173. The molecule has 2 aromatic carbocycles. The molecular formula is C32H36N4O5S. The fourth-order valence-electron chi connectivity index (χ4n) is 5.54. The predicted octanol–water partition coefficient (Wildman–Crippen LogP) is 5.20. The van der Waals surface area contributed by atoms with Crippen molar-refractivity contribution < 1.29 is 23.5 Å². The summed E-state index contributed by atoms with van der Waals surface area (Å²) in [5, 5.41) is 5.02. The number of amides is 1. The van der Waals surface area contributed by atoms with Gasteiger partial charge in [-0.25, -0.2) is 4.98 Å². The van der Waals surface area contributed by atoms with Crippen LogP contribution in [0, 0.1) is 20.8 Å². The van der Waals surface area contributed by atoms with Crippen molar-refractivity contribution in [1.82, 2.24) is 15.0 Å². The Balaban J connectivity index is 1.27. The average molecular weight is 589 g/mol. The molecule has 0 saturated carbocycles. The zero-order valence-electron chi connectivity index (χ0n) is 24.4. The van der Waals surface area contributed by atoms with Crippen molar-refractivity contribution >= 4 is 22.4 Å². The van der Waals surface area contributed by atoms with Crippen LogP contribution < -0.4 is 9.64 Å². The lowest BCUT2D eigenvalue weighted by atomic mass is 9.96. The number of aromatic nitrogens is 2. The summed E-state index contributed by atoms with van der Waals surface area (Å²) in [6, 6.07) is 14.7. The number of aryl methyl sites for hydroxylation is 3. The average Bonchev–Trinajstić information content (AvgIpc) is 3.55. The molecule has 9 nitrogen and oxygen atoms in total. The second kappa shape index (κ2) is 12.6. The standard InChI is InChI=1S/C32H36N4O5S/c1-21-29(23(3)41-34-21)26-7-8-28-27(19-26)18-24-5-4-6-25(17-24)20-36(11-14-39-15-16-40-28)31(37)30-22(2)33-32(42-30)35-9-12-38-13-10-35/h4-8,17,19H,9-16,18,20H2,1-3H3. The molecule has 0 radical (unpaired) electrons. The van der Waals surface area contributed by atoms with Gasteiger partial charge in [0.1, 0.15) is 23.0 Å². The summed E-state index contributed by atoms with van der Waals surface area (Å²) < 4.78 is 23.0. The van der Waals surface area contributed by atoms with Gasteiger partial charge in [0.2, 0.25) is 0 Å². The number of benzene rings is 2. The van der Waals surface area contributed by atoms with E-state index in [9.17, 15) is 4.79 Å². The summed E-state index contributed by atoms with van der Waals surface area (Å²) in [4.78, 5) is 23.4. The first-order valence-corrected chi connectivity index (χ1v) is 15.2. The highest BCUT2D eigenvalue weighted by atomic mass is 32.1. The van der Waals surface area contributed by atoms with Gasteiger partial charge in [-0.2, -0.15) is 0 Å². The van der Waals surface area contributed by atoms with E-state index in [1.807, 2.05) is 31.7 Å². The van der Waals surface area contributed by atoms with Gasteiger partial charge in [-0.05, 0) is 55.2 Å². The topological polar surface area (TPSA) is 90.2 Å². The number of anilines is 1. The van der Waals surface area contributed by atoms with Gasteiger partial charge in [-0.15, -0.1) is 0 Å². The summed E-state index contributed by atoms with van der Waals surface area (Å²) in [6.07, 6.45) is 0.687. The van der Waals surface area contributed by atoms with Gasteiger partial charge in [0.25, 0.3) is 5.91 Å². The molecule has 0 spiro atoms. The Hall–Kier alpha value is -3.73. The number of morpholine rings is 1. The fraction of sp³-hybridized carbons (Fsp3) is 0.406. The van der Waals surface area contributed by atoms with Crippen LogP contribution in [-0.2, 0) is 22.4 Å². The lowest BCUT2D eigenvalue weighted by Gasteiger charge is -2.26. The zero-order valence-corrected chi connectivity index (χ0v) is 25.2. The van der Waals surface area contributed by atoms with E-state index < -0.39 is 0 Å². The minimum Gasteiger partial charge on any atom is -0.491 e. The van der Waals surface area contributed by atoms with Gasteiger partial charge >= 0.3 is 0 Å². The van der Waals surface area contributed by atoms with Gasteiger partial charge in [-0.3, -0.25) is 4.79 Å². The Bertz CT molecular complexity index is 1540. The Morgan fingerprint density at radius 2 is 1.67 bits per heavy atom. The largest absolute Gasteiger partial charge is 0.491 e. The van der Waals surface area contributed by atoms with E-state index in [1.54, 1.807) is 0 Å². The molecule has 42 heavy (non-hydrogen) atoms. The molecule has 2 bridgehead atoms. The molecule has 4 aromatic rings. The van der Waals surface area contributed by atoms with Crippen molar-refractivity contribution in [1.29, 1.82) is 0 Å². The predicted molar refractivity (Wildman–Crippen MR) is 162 cm³/mol. The minimum atomic E-state index is -0.0173. The van der Waals surface area contributed by atoms with Crippen molar-refractivity contribution in [2.45, 2.75) is 33.7 Å². The quantitative estimate of drug-likeness (QED) is 0.323. The molecule has 220 valence electrons. The van der Waals surface area contributed by atoms with Crippen LogP contribution in [0.5, 0.6) is 5.75 Å². The van der Waals surface area contributed by atoms with Gasteiger partial charge in [0, 0.05) is 38.2 Å². The molecular weight excluding hydrogens is 552 g/mol. The molecule has 0 aliphatic carbocycles. The lowest BCUT2D eigenvalue weighted by Crippen LogP contribution is -2.36. The number of fused-ring (bicyclic) bond motifs is 3. The first-order chi connectivity index (χ1) is 20.5. The highest BCUT2D eigenvalue weighted by Gasteiger charge is 2.25. The van der Waals surface area contributed by atoms with E-state index in [-0.39, 0.29) is 5.91 Å². The SMILES string of the molecule is Cc1nc(N2CCOCC2)sc1C(=O)N1CCOCCOc2ccc(-c3c(C)noc3C)cc2Cc2cccc(c2)C1. The molecule has 10 heteroatoms. The Morgan fingerprint density at radius 3 is 2.48 bits per heavy atom. The van der Waals surface area contributed by atoms with Crippen molar-refractivity contribution in [3.8, 4) is 16.9 Å². The smallest absolute Gasteiger partial charge is 0.266 e. The molecule has 1 amide bonds. The third-order valence-corrected chi connectivity index (χ3v) is 8.89. The normalized spacial score (nSPS) is 16.5. The van der Waals surface area contributed by atoms with E-state index in [1.165, 1.54) is 11.3 Å². The van der Waals surface area contributed by atoms with Crippen molar-refractivity contribution in [2.24, 2.45) is 0 Å². The summed E-state index contributed by atoms with van der Waals surface area (Å²) in [6.45, 7) is 11.0. The molecule has 1 saturated heterocycles. The molecule has 1 fully saturated rings. The van der Waals surface area contributed by atoms with Crippen LogP contribution in [-0.4, -0.2) is 73.6 Å². The van der Waals surface area contributed by atoms with E-state index in [0.717, 1.165) is 68.9 Å². The summed E-state index contributed by atoms with van der Waals surface area (Å²) in [5.41, 5.74) is 6.98. The number of hydrogen-bond acceptors (Lipinski definition) is 9. The van der Waals surface area contributed by atoms with Gasteiger partial charge in [0.15, 0.2) is 5.13 Å². The Kier molecular flexibility index (Phi) is 8.55. The second-order valence-electron chi connectivity index (χ2n) is 10.7. The maximum absolute atomic E-state index is 13.9. The van der Waals surface area contributed by atoms with E-state index in [2.05, 4.69) is 46.5 Å². The van der Waals surface area contributed by atoms with Gasteiger partial charge in [0.05, 0.1) is 37.8 Å². The fourth-order valence-corrected chi connectivity index (χ4v) is 6.63. The highest BCUT2D eigenvalue weighted by molar-refractivity contribution is 7.17. The molecule has 2 aliphatic heterocycles. The molecule has 0 atom stereocenters. The van der Waals surface area contributed by atoms with Crippen LogP contribution in [0.25, 0.3) is 11.1 Å². The van der Waals surface area contributed by atoms with Crippen LogP contribution in [0.15, 0.2) is 47.0 Å². The van der Waals surface area contributed by atoms with Gasteiger partial charge < -0.3 is 28.5 Å². The number of nitrogens with zero attached hydrogens (tertiary/aromatic N) is 4. The second-order valence-corrected chi connectivity index (χ2v) is 11.7. The lowest BCUT2D eigenvalue weighted by molar-refractivity contribution is 0.0574. The van der Waals surface area contributed by atoms with Crippen molar-refractivity contribution in [3.05, 3.63) is 81.2 Å². The highest BCUT2D eigenvalue weighted by Crippen LogP contribution is 2.33. The third-order valence-electron chi connectivity index (χ3n) is 7.68. The van der Waals surface area contributed by atoms with Crippen LogP contribution in [0.2, 0.25) is 0 Å². The van der Waals surface area contributed by atoms with E-state index in [0.29, 0.717) is 57.4 Å². The van der Waals surface area contributed by atoms with Crippen molar-refractivity contribution in [3.63, 3.8) is 0 Å². The van der Waals surface area contributed by atoms with Crippen LogP contribution in [0.1, 0.15) is 43.5 Å². The van der Waals surface area contributed by atoms with Crippen LogP contribution >= 0.6 is 11.3 Å². The number of hydrogen-bond donors (Lipinski definition) is 0. The third kappa shape index (κ3) is 6.21. The first kappa shape index (κ1) is 28.4. The summed E-state index contributed by atoms with van der Waals surface area (Å²) in [5.74, 6) is 1.61. The monoisotopic (exact) mass is 588 g/mol. The number of rotatable bonds is 3. The number of carbonyl (C=O) groups excluding carboxylic acids is 1. The number of ether oxygens (including phenoxy) is 3. The molecule has 0 N–H and O–H groups in total. The summed E-state index contributed by atoms with van der Waals surface area (Å²) in [7, 11) is 0. The van der Waals surface area contributed by atoms with E-state index in [4.69, 9.17) is 23.7 Å². The molecule has 6 rings (SSSR count). The van der Waals surface area contributed by atoms with Crippen molar-refractivity contribution in [2.75, 3.05) is 57.6 Å². The van der Waals surface area contributed by atoms with Crippen LogP contribution in [0.4, 0.5) is 5.13 Å². The van der Waals surface area contributed by atoms with Gasteiger partial charge in [-0.1, -0.05) is 46.8 Å². The Morgan fingerprint density at radius 1 is 0.881 bits per heavy atom. The molecule has 2 aromatic heterocycles. The maximum Gasteiger partial charge on any atom is 0.266 e. The molecule has 2 aliphatic rings. The Labute approximate surface area is 250 Å². The zero-order chi connectivity index (χ0) is 29.1. The maximum atomic E-state index is 13.9. The van der Waals surface area contributed by atoms with E-state index >= 15 is 0 Å². The molecule has 0 unspecified atom stereocenters. The first-order valence-electron chi connectivity index (χ1n) is 14.4. The number of carbonyl (C=O) groups is 1. The summed E-state index contributed by atoms with van der Waals surface area (Å²) >= 11 is 1.47.